The van der Waals surface area contributed by atoms with E-state index in [1.54, 1.807) is 6.07 Å². The lowest BCUT2D eigenvalue weighted by atomic mass is 9.97. The summed E-state index contributed by atoms with van der Waals surface area (Å²) in [7, 11) is 0. The predicted octanol–water partition coefficient (Wildman–Crippen LogP) is 2.25. The molecule has 0 aliphatic heterocycles. The van der Waals surface area contributed by atoms with Crippen LogP contribution in [0.15, 0.2) is 18.2 Å². The van der Waals surface area contributed by atoms with E-state index in [9.17, 15) is 28.2 Å². The topological polar surface area (TPSA) is 81.3 Å². The monoisotopic (exact) mass is 319 g/mol. The number of hydrogen-bond acceptors (Lipinski definition) is 5. The molecule has 2 unspecified atom stereocenters. The summed E-state index contributed by atoms with van der Waals surface area (Å²) in [6.07, 6.45) is -7.52. The van der Waals surface area contributed by atoms with Crippen molar-refractivity contribution in [2.24, 2.45) is 0 Å². The van der Waals surface area contributed by atoms with Crippen molar-refractivity contribution in [1.29, 1.82) is 5.26 Å². The molecule has 8 heteroatoms. The number of aliphatic hydroxyl groups is 2. The van der Waals surface area contributed by atoms with Gasteiger partial charge in [-0.2, -0.15) is 18.4 Å². The van der Waals surface area contributed by atoms with Crippen LogP contribution in [0.2, 0.25) is 0 Å². The first-order valence-corrected chi connectivity index (χ1v) is 6.76. The first-order chi connectivity index (χ1) is 9.66. The van der Waals surface area contributed by atoms with E-state index in [1.165, 1.54) is 6.92 Å². The first kappa shape index (κ1) is 17.5. The molecule has 0 spiro atoms. The van der Waals surface area contributed by atoms with Crippen molar-refractivity contribution in [2.45, 2.75) is 25.3 Å². The molecule has 0 aliphatic rings. The van der Waals surface area contributed by atoms with Gasteiger partial charge in [0.05, 0.1) is 23.3 Å². The van der Waals surface area contributed by atoms with E-state index in [0.29, 0.717) is 6.07 Å². The second-order valence-electron chi connectivity index (χ2n) is 4.23. The largest absolute Gasteiger partial charge is 0.416 e. The van der Waals surface area contributed by atoms with Crippen LogP contribution in [-0.2, 0) is 11.0 Å². The molecule has 0 saturated heterocycles. The van der Waals surface area contributed by atoms with Gasteiger partial charge in [-0.3, -0.25) is 4.79 Å². The third-order valence-electron chi connectivity index (χ3n) is 2.64. The fraction of sp³-hybridized carbons (Fsp3) is 0.385. The van der Waals surface area contributed by atoms with Crippen LogP contribution in [0.3, 0.4) is 0 Å². The van der Waals surface area contributed by atoms with E-state index < -0.39 is 23.9 Å². The average Bonchev–Trinajstić information content (AvgIpc) is 2.42. The summed E-state index contributed by atoms with van der Waals surface area (Å²) in [5.74, 6) is -0.123. The Labute approximate surface area is 123 Å². The van der Waals surface area contributed by atoms with Gasteiger partial charge in [-0.25, -0.2) is 0 Å². The molecule has 1 rings (SSSR count). The Bertz CT molecular complexity index is 569. The third-order valence-corrected chi connectivity index (χ3v) is 3.56. The number of rotatable bonds is 4. The molecule has 1 aromatic rings. The van der Waals surface area contributed by atoms with Crippen LogP contribution in [0.1, 0.15) is 29.7 Å². The smallest absolute Gasteiger partial charge is 0.389 e. The number of nitrogens with zero attached hydrogens (tertiary/aromatic N) is 1. The highest BCUT2D eigenvalue weighted by atomic mass is 32.2. The number of hydrogen-bond donors (Lipinski definition) is 2. The molecule has 21 heavy (non-hydrogen) atoms. The van der Waals surface area contributed by atoms with Crippen LogP contribution < -0.4 is 0 Å². The predicted molar refractivity (Wildman–Crippen MR) is 70.3 cm³/mol. The second kappa shape index (κ2) is 6.93. The summed E-state index contributed by atoms with van der Waals surface area (Å²) in [6.45, 7) is 1.28. The molecule has 0 heterocycles. The molecular weight excluding hydrogens is 307 g/mol. The standard InChI is InChI=1S/C13H12F3NO3S/c1-7(18)21-6-11(19)12(20)10-3-2-9(13(14,15)16)4-8(10)5-17/h2-4,11-12,19-20H,6H2,1H3. The number of benzene rings is 1. The van der Waals surface area contributed by atoms with Crippen LogP contribution in [0.4, 0.5) is 13.2 Å². The maximum absolute atomic E-state index is 12.5. The quantitative estimate of drug-likeness (QED) is 0.889. The van der Waals surface area contributed by atoms with Crippen molar-refractivity contribution in [1.82, 2.24) is 0 Å². The lowest BCUT2D eigenvalue weighted by molar-refractivity contribution is -0.137. The highest BCUT2D eigenvalue weighted by Gasteiger charge is 2.32. The first-order valence-electron chi connectivity index (χ1n) is 5.77. The van der Waals surface area contributed by atoms with Crippen LogP contribution in [0.25, 0.3) is 0 Å². The summed E-state index contributed by atoms with van der Waals surface area (Å²) >= 11 is 0.771. The Balaban J connectivity index is 3.02. The molecule has 0 aromatic heterocycles. The van der Waals surface area contributed by atoms with Gasteiger partial charge in [0.1, 0.15) is 6.10 Å². The summed E-state index contributed by atoms with van der Waals surface area (Å²) < 4.78 is 37.6. The van der Waals surface area contributed by atoms with Gasteiger partial charge in [0.25, 0.3) is 0 Å². The molecule has 0 fully saturated rings. The van der Waals surface area contributed by atoms with E-state index >= 15 is 0 Å². The van der Waals surface area contributed by atoms with Crippen LogP contribution in [0, 0.1) is 11.3 Å². The molecule has 0 amide bonds. The van der Waals surface area contributed by atoms with E-state index in [0.717, 1.165) is 23.9 Å². The number of nitriles is 1. The minimum atomic E-state index is -4.60. The Morgan fingerprint density at radius 3 is 2.52 bits per heavy atom. The minimum Gasteiger partial charge on any atom is -0.389 e. The highest BCUT2D eigenvalue weighted by molar-refractivity contribution is 8.13. The normalized spacial score (nSPS) is 14.3. The van der Waals surface area contributed by atoms with Crippen molar-refractivity contribution in [3.05, 3.63) is 34.9 Å². The maximum Gasteiger partial charge on any atom is 0.416 e. The van der Waals surface area contributed by atoms with E-state index in [-0.39, 0.29) is 22.0 Å². The minimum absolute atomic E-state index is 0.109. The Morgan fingerprint density at radius 1 is 1.43 bits per heavy atom. The molecule has 0 radical (unpaired) electrons. The number of carbonyl (C=O) groups is 1. The van der Waals surface area contributed by atoms with E-state index in [4.69, 9.17) is 5.26 Å². The van der Waals surface area contributed by atoms with E-state index in [1.807, 2.05) is 0 Å². The Hall–Kier alpha value is -1.56. The zero-order valence-corrected chi connectivity index (χ0v) is 11.7. The summed E-state index contributed by atoms with van der Waals surface area (Å²) in [6, 6.07) is 3.86. The van der Waals surface area contributed by atoms with Gasteiger partial charge >= 0.3 is 6.18 Å². The van der Waals surface area contributed by atoms with Gasteiger partial charge < -0.3 is 10.2 Å². The lowest BCUT2D eigenvalue weighted by Crippen LogP contribution is -2.22. The highest BCUT2D eigenvalue weighted by Crippen LogP contribution is 2.32. The molecule has 1 aromatic carbocycles. The number of thioether (sulfide) groups is 1. The van der Waals surface area contributed by atoms with Gasteiger partial charge in [0.2, 0.25) is 0 Å². The fourth-order valence-corrected chi connectivity index (χ4v) is 2.18. The maximum atomic E-state index is 12.5. The molecular formula is C13H12F3NO3S. The number of halogens is 3. The number of aliphatic hydroxyl groups excluding tert-OH is 2. The van der Waals surface area contributed by atoms with Gasteiger partial charge in [-0.15, -0.1) is 0 Å². The molecule has 2 N–H and O–H groups in total. The van der Waals surface area contributed by atoms with Crippen molar-refractivity contribution in [2.75, 3.05) is 5.75 Å². The van der Waals surface area contributed by atoms with Gasteiger partial charge in [0, 0.05) is 18.2 Å². The van der Waals surface area contributed by atoms with Crippen LogP contribution in [-0.4, -0.2) is 27.2 Å². The van der Waals surface area contributed by atoms with Gasteiger partial charge in [-0.05, 0) is 12.1 Å². The Morgan fingerprint density at radius 2 is 2.05 bits per heavy atom. The molecule has 0 aliphatic carbocycles. The van der Waals surface area contributed by atoms with Crippen molar-refractivity contribution in [3.63, 3.8) is 0 Å². The molecule has 114 valence electrons. The summed E-state index contributed by atoms with van der Waals surface area (Å²) in [5, 5.41) is 28.2. The molecule has 4 nitrogen and oxygen atoms in total. The van der Waals surface area contributed by atoms with Crippen molar-refractivity contribution >= 4 is 16.9 Å². The molecule has 2 atom stereocenters. The van der Waals surface area contributed by atoms with E-state index in [2.05, 4.69) is 0 Å². The van der Waals surface area contributed by atoms with Crippen molar-refractivity contribution < 1.29 is 28.2 Å². The zero-order chi connectivity index (χ0) is 16.2. The molecule has 0 saturated carbocycles. The Kier molecular flexibility index (Phi) is 5.78. The SMILES string of the molecule is CC(=O)SCC(O)C(O)c1ccc(C(F)(F)F)cc1C#N. The van der Waals surface area contributed by atoms with Gasteiger partial charge in [-0.1, -0.05) is 17.8 Å². The summed E-state index contributed by atoms with van der Waals surface area (Å²) in [4.78, 5) is 10.8. The fourth-order valence-electron chi connectivity index (χ4n) is 1.59. The second-order valence-corrected chi connectivity index (χ2v) is 5.42. The van der Waals surface area contributed by atoms with Crippen LogP contribution in [0.5, 0.6) is 0 Å². The van der Waals surface area contributed by atoms with Gasteiger partial charge in [0.15, 0.2) is 5.12 Å². The number of alkyl halides is 3. The zero-order valence-electron chi connectivity index (χ0n) is 10.9. The average molecular weight is 319 g/mol. The lowest BCUT2D eigenvalue weighted by Gasteiger charge is -2.19. The number of carbonyl (C=O) groups excluding carboxylic acids is 1. The summed E-state index contributed by atoms with van der Waals surface area (Å²) in [5.41, 5.74) is -1.49. The molecule has 0 bridgehead atoms. The third kappa shape index (κ3) is 4.74. The van der Waals surface area contributed by atoms with Crippen LogP contribution >= 0.6 is 11.8 Å². The van der Waals surface area contributed by atoms with Crippen molar-refractivity contribution in [3.8, 4) is 6.07 Å².